The Labute approximate surface area is 194 Å². The third-order valence-corrected chi connectivity index (χ3v) is 7.00. The highest BCUT2D eigenvalue weighted by atomic mass is 35.5. The number of aryl methyl sites for hydroxylation is 1. The number of carbonyl (C=O) groups is 1. The Bertz CT molecular complexity index is 1250. The van der Waals surface area contributed by atoms with E-state index in [9.17, 15) is 4.79 Å². The number of halogens is 1. The maximum Gasteiger partial charge on any atom is 0.256 e. The SMILES string of the molecule is Cc1ncsc1-c1ccc(C(=O)N2CCC[C@@H]2c2ncc(Cc3ccccc3Cl)o2)cn1. The lowest BCUT2D eigenvalue weighted by atomic mass is 10.1. The normalized spacial score (nSPS) is 15.9. The molecule has 0 radical (unpaired) electrons. The van der Waals surface area contributed by atoms with Crippen molar-refractivity contribution >= 4 is 28.8 Å². The number of benzene rings is 1. The van der Waals surface area contributed by atoms with Gasteiger partial charge in [0.15, 0.2) is 0 Å². The van der Waals surface area contributed by atoms with E-state index in [2.05, 4.69) is 15.0 Å². The fraction of sp³-hybridized carbons (Fsp3) is 0.250. The maximum atomic E-state index is 13.2. The molecule has 5 rings (SSSR count). The molecule has 4 aromatic rings. The van der Waals surface area contributed by atoms with Crippen LogP contribution >= 0.6 is 22.9 Å². The van der Waals surface area contributed by atoms with Gasteiger partial charge >= 0.3 is 0 Å². The molecule has 1 aromatic carbocycles. The quantitative estimate of drug-likeness (QED) is 0.377. The number of aromatic nitrogens is 3. The van der Waals surface area contributed by atoms with Gasteiger partial charge < -0.3 is 9.32 Å². The second kappa shape index (κ2) is 8.84. The Hall–Kier alpha value is -3.03. The van der Waals surface area contributed by atoms with E-state index in [4.69, 9.17) is 16.0 Å². The summed E-state index contributed by atoms with van der Waals surface area (Å²) < 4.78 is 6.04. The average molecular weight is 465 g/mol. The van der Waals surface area contributed by atoms with Crippen molar-refractivity contribution in [2.24, 2.45) is 0 Å². The fourth-order valence-electron chi connectivity index (χ4n) is 4.02. The summed E-state index contributed by atoms with van der Waals surface area (Å²) in [5.74, 6) is 1.25. The number of thiazole rings is 1. The molecule has 6 nitrogen and oxygen atoms in total. The number of amides is 1. The molecule has 0 saturated carbocycles. The fourth-order valence-corrected chi connectivity index (χ4v) is 5.01. The first-order valence-electron chi connectivity index (χ1n) is 10.5. The molecule has 1 aliphatic heterocycles. The van der Waals surface area contributed by atoms with Crippen LogP contribution in [0.3, 0.4) is 0 Å². The Morgan fingerprint density at radius 3 is 2.81 bits per heavy atom. The zero-order valence-electron chi connectivity index (χ0n) is 17.5. The summed E-state index contributed by atoms with van der Waals surface area (Å²) in [6.45, 7) is 2.62. The van der Waals surface area contributed by atoms with E-state index in [0.717, 1.165) is 40.4 Å². The Morgan fingerprint density at radius 2 is 2.06 bits per heavy atom. The lowest BCUT2D eigenvalue weighted by Gasteiger charge is -2.22. The van der Waals surface area contributed by atoms with Crippen molar-refractivity contribution in [2.45, 2.75) is 32.2 Å². The highest BCUT2D eigenvalue weighted by molar-refractivity contribution is 7.13. The number of hydrogen-bond acceptors (Lipinski definition) is 6. The third kappa shape index (κ3) is 4.06. The molecule has 1 saturated heterocycles. The van der Waals surface area contributed by atoms with E-state index >= 15 is 0 Å². The van der Waals surface area contributed by atoms with Crippen LogP contribution in [0.4, 0.5) is 0 Å². The molecule has 0 spiro atoms. The van der Waals surface area contributed by atoms with Gasteiger partial charge in [0.05, 0.1) is 33.5 Å². The lowest BCUT2D eigenvalue weighted by molar-refractivity contribution is 0.0714. The van der Waals surface area contributed by atoms with Crippen LogP contribution in [0.2, 0.25) is 5.02 Å². The molecule has 1 amide bonds. The molecular formula is C24H21ClN4O2S. The Morgan fingerprint density at radius 1 is 1.19 bits per heavy atom. The maximum absolute atomic E-state index is 13.2. The van der Waals surface area contributed by atoms with Crippen LogP contribution in [-0.2, 0) is 6.42 Å². The van der Waals surface area contributed by atoms with Crippen LogP contribution in [0.15, 0.2) is 58.7 Å². The molecule has 8 heteroatoms. The van der Waals surface area contributed by atoms with Crippen molar-refractivity contribution in [2.75, 3.05) is 6.54 Å². The number of likely N-dealkylation sites (tertiary alicyclic amines) is 1. The second-order valence-corrected chi connectivity index (χ2v) is 9.05. The van der Waals surface area contributed by atoms with E-state index in [1.165, 1.54) is 0 Å². The van der Waals surface area contributed by atoms with Gasteiger partial charge in [-0.1, -0.05) is 29.8 Å². The van der Waals surface area contributed by atoms with Crippen molar-refractivity contribution in [3.63, 3.8) is 0 Å². The minimum atomic E-state index is -0.175. The van der Waals surface area contributed by atoms with Crippen molar-refractivity contribution in [3.05, 3.63) is 87.8 Å². The van der Waals surface area contributed by atoms with Crippen LogP contribution in [0.25, 0.3) is 10.6 Å². The first-order valence-corrected chi connectivity index (χ1v) is 11.7. The van der Waals surface area contributed by atoms with Gasteiger partial charge in [0, 0.05) is 24.2 Å². The average Bonchev–Trinajstić information content (AvgIpc) is 3.56. The lowest BCUT2D eigenvalue weighted by Crippen LogP contribution is -2.30. The zero-order valence-corrected chi connectivity index (χ0v) is 19.1. The molecule has 3 aromatic heterocycles. The predicted molar refractivity (Wildman–Crippen MR) is 124 cm³/mol. The van der Waals surface area contributed by atoms with Crippen molar-refractivity contribution in [1.29, 1.82) is 0 Å². The third-order valence-electron chi connectivity index (χ3n) is 5.68. The molecule has 0 unspecified atom stereocenters. The molecule has 32 heavy (non-hydrogen) atoms. The number of nitrogens with zero attached hydrogens (tertiary/aromatic N) is 4. The van der Waals surface area contributed by atoms with Gasteiger partial charge in [-0.25, -0.2) is 9.97 Å². The van der Waals surface area contributed by atoms with Crippen LogP contribution in [-0.4, -0.2) is 32.3 Å². The van der Waals surface area contributed by atoms with E-state index < -0.39 is 0 Å². The van der Waals surface area contributed by atoms with Crippen LogP contribution in [0, 0.1) is 6.92 Å². The number of oxazole rings is 1. The summed E-state index contributed by atoms with van der Waals surface area (Å²) in [5.41, 5.74) is 5.12. The summed E-state index contributed by atoms with van der Waals surface area (Å²) >= 11 is 7.81. The smallest absolute Gasteiger partial charge is 0.256 e. The van der Waals surface area contributed by atoms with Crippen molar-refractivity contribution < 1.29 is 9.21 Å². The molecule has 4 heterocycles. The molecule has 1 aliphatic rings. The second-order valence-electron chi connectivity index (χ2n) is 7.79. The van der Waals surface area contributed by atoms with Crippen molar-refractivity contribution in [3.8, 4) is 10.6 Å². The molecule has 0 N–H and O–H groups in total. The summed E-state index contributed by atoms with van der Waals surface area (Å²) in [7, 11) is 0. The minimum Gasteiger partial charge on any atom is -0.443 e. The molecule has 0 bridgehead atoms. The standard InChI is InChI=1S/C24H21ClN4O2S/c1-15-22(32-14-28-15)20-9-8-17(12-26-20)24(30)29-10-4-7-21(29)23-27-13-18(31-23)11-16-5-2-3-6-19(16)25/h2-3,5-6,8-9,12-14,21H,4,7,10-11H2,1H3/t21-/m1/s1. The minimum absolute atomic E-state index is 0.0570. The van der Waals surface area contributed by atoms with Gasteiger partial charge in [0.25, 0.3) is 5.91 Å². The molecular weight excluding hydrogens is 444 g/mol. The van der Waals surface area contributed by atoms with Gasteiger partial charge in [-0.15, -0.1) is 11.3 Å². The summed E-state index contributed by atoms with van der Waals surface area (Å²) in [6, 6.07) is 11.2. The summed E-state index contributed by atoms with van der Waals surface area (Å²) in [6.07, 6.45) is 5.67. The van der Waals surface area contributed by atoms with E-state index in [-0.39, 0.29) is 11.9 Å². The zero-order chi connectivity index (χ0) is 22.1. The monoisotopic (exact) mass is 464 g/mol. The van der Waals surface area contributed by atoms with Gasteiger partial charge in [0.2, 0.25) is 5.89 Å². The van der Waals surface area contributed by atoms with Crippen molar-refractivity contribution in [1.82, 2.24) is 19.9 Å². The first-order chi connectivity index (χ1) is 15.6. The van der Waals surface area contributed by atoms with Gasteiger partial charge in [-0.3, -0.25) is 9.78 Å². The summed E-state index contributed by atoms with van der Waals surface area (Å²) in [5, 5.41) is 0.701. The number of rotatable bonds is 5. The van der Waals surface area contributed by atoms with Crippen LogP contribution in [0.1, 0.15) is 52.1 Å². The van der Waals surface area contributed by atoms with E-state index in [1.54, 1.807) is 29.2 Å². The Balaban J connectivity index is 1.32. The topological polar surface area (TPSA) is 72.1 Å². The predicted octanol–water partition coefficient (Wildman–Crippen LogP) is 5.72. The largest absolute Gasteiger partial charge is 0.443 e. The first kappa shape index (κ1) is 20.8. The highest BCUT2D eigenvalue weighted by Crippen LogP contribution is 2.34. The molecule has 162 valence electrons. The molecule has 0 aliphatic carbocycles. The molecule has 1 fully saturated rings. The van der Waals surface area contributed by atoms with Crippen LogP contribution in [0.5, 0.6) is 0 Å². The number of pyridine rings is 1. The van der Waals surface area contributed by atoms with Gasteiger partial charge in [-0.05, 0) is 43.5 Å². The van der Waals surface area contributed by atoms with E-state index in [1.807, 2.05) is 48.2 Å². The summed E-state index contributed by atoms with van der Waals surface area (Å²) in [4.78, 5) is 29.3. The van der Waals surface area contributed by atoms with Gasteiger partial charge in [0.1, 0.15) is 11.8 Å². The number of hydrogen-bond donors (Lipinski definition) is 0. The molecule has 1 atom stereocenters. The highest BCUT2D eigenvalue weighted by Gasteiger charge is 2.34. The number of carbonyl (C=O) groups excluding carboxylic acids is 1. The van der Waals surface area contributed by atoms with Crippen LogP contribution < -0.4 is 0 Å². The Kier molecular flexibility index (Phi) is 5.76. The van der Waals surface area contributed by atoms with E-state index in [0.29, 0.717) is 29.4 Å². The van der Waals surface area contributed by atoms with Gasteiger partial charge in [-0.2, -0.15) is 0 Å².